The van der Waals surface area contributed by atoms with Crippen LogP contribution in [0.25, 0.3) is 0 Å². The van der Waals surface area contributed by atoms with Crippen LogP contribution in [0, 0.1) is 0 Å². The molecule has 7 heteroatoms. The number of hydrogen-bond donors (Lipinski definition) is 2. The van der Waals surface area contributed by atoms with Gasteiger partial charge in [0, 0.05) is 6.54 Å². The van der Waals surface area contributed by atoms with Gasteiger partial charge in [-0.15, -0.1) is 0 Å². The maximum atomic E-state index is 11.2. The molecule has 17 heavy (non-hydrogen) atoms. The van der Waals surface area contributed by atoms with Gasteiger partial charge in [-0.1, -0.05) is 6.42 Å². The number of carbonyl (C=O) groups is 1. The van der Waals surface area contributed by atoms with Gasteiger partial charge in [-0.05, 0) is 33.6 Å². The molecule has 0 atom stereocenters. The number of hydrogen-bond acceptors (Lipinski definition) is 4. The third-order valence-electron chi connectivity index (χ3n) is 1.77. The third kappa shape index (κ3) is 13.1. The lowest BCUT2D eigenvalue weighted by atomic mass is 10.2. The van der Waals surface area contributed by atoms with Crippen molar-refractivity contribution < 1.29 is 17.9 Å². The molecule has 0 aliphatic rings. The van der Waals surface area contributed by atoms with Crippen molar-refractivity contribution in [3.05, 3.63) is 0 Å². The number of nitrogens with two attached hydrogens (primary N) is 1. The zero-order valence-electron chi connectivity index (χ0n) is 10.7. The smallest absolute Gasteiger partial charge is 0.407 e. The van der Waals surface area contributed by atoms with E-state index in [1.165, 1.54) is 0 Å². The van der Waals surface area contributed by atoms with E-state index in [-0.39, 0.29) is 5.75 Å². The van der Waals surface area contributed by atoms with E-state index in [9.17, 15) is 13.2 Å². The molecule has 0 aliphatic carbocycles. The fraction of sp³-hybridized carbons (Fsp3) is 0.900. The Labute approximate surface area is 103 Å². The molecule has 0 spiro atoms. The van der Waals surface area contributed by atoms with Crippen molar-refractivity contribution >= 4 is 16.1 Å². The first-order valence-corrected chi connectivity index (χ1v) is 7.29. The summed E-state index contributed by atoms with van der Waals surface area (Å²) < 4.78 is 26.3. The van der Waals surface area contributed by atoms with Gasteiger partial charge >= 0.3 is 6.09 Å². The summed E-state index contributed by atoms with van der Waals surface area (Å²) >= 11 is 0. The molecule has 3 N–H and O–H groups in total. The molecule has 0 saturated heterocycles. The Bertz CT molecular complexity index is 333. The van der Waals surface area contributed by atoms with Crippen LogP contribution >= 0.6 is 0 Å². The molecular formula is C10H22N2O4S. The second kappa shape index (κ2) is 6.80. The highest BCUT2D eigenvalue weighted by molar-refractivity contribution is 7.89. The topological polar surface area (TPSA) is 98.5 Å². The van der Waals surface area contributed by atoms with Crippen molar-refractivity contribution in [1.29, 1.82) is 0 Å². The number of primary sulfonamides is 1. The molecule has 0 bridgehead atoms. The molecule has 102 valence electrons. The number of unbranched alkanes of at least 4 members (excludes halogenated alkanes) is 2. The SMILES string of the molecule is CC(C)(C)OC(=O)NCCCCCS(N)(=O)=O. The Morgan fingerprint density at radius 3 is 2.29 bits per heavy atom. The van der Waals surface area contributed by atoms with E-state index in [2.05, 4.69) is 5.32 Å². The lowest BCUT2D eigenvalue weighted by Crippen LogP contribution is -2.33. The molecule has 0 unspecified atom stereocenters. The summed E-state index contributed by atoms with van der Waals surface area (Å²) in [5, 5.41) is 7.45. The zero-order valence-corrected chi connectivity index (χ0v) is 11.5. The average molecular weight is 266 g/mol. The van der Waals surface area contributed by atoms with Gasteiger partial charge in [0.1, 0.15) is 5.60 Å². The lowest BCUT2D eigenvalue weighted by Gasteiger charge is -2.19. The van der Waals surface area contributed by atoms with E-state index in [0.717, 1.165) is 0 Å². The van der Waals surface area contributed by atoms with Crippen LogP contribution in [0.2, 0.25) is 0 Å². The summed E-state index contributed by atoms with van der Waals surface area (Å²) in [5.74, 6) is -0.0144. The van der Waals surface area contributed by atoms with Crippen LogP contribution in [0.4, 0.5) is 4.79 Å². The quantitative estimate of drug-likeness (QED) is 0.700. The van der Waals surface area contributed by atoms with E-state index in [1.54, 1.807) is 20.8 Å². The predicted molar refractivity (Wildman–Crippen MR) is 66.1 cm³/mol. The molecular weight excluding hydrogens is 244 g/mol. The van der Waals surface area contributed by atoms with Crippen molar-refractivity contribution in [1.82, 2.24) is 5.32 Å². The molecule has 0 aromatic carbocycles. The van der Waals surface area contributed by atoms with Crippen LogP contribution in [0.5, 0.6) is 0 Å². The summed E-state index contributed by atoms with van der Waals surface area (Å²) in [4.78, 5) is 11.2. The predicted octanol–water partition coefficient (Wildman–Crippen LogP) is 0.970. The third-order valence-corrected chi connectivity index (χ3v) is 2.63. The molecule has 0 heterocycles. The highest BCUT2D eigenvalue weighted by atomic mass is 32.2. The minimum Gasteiger partial charge on any atom is -0.444 e. The van der Waals surface area contributed by atoms with E-state index in [1.807, 2.05) is 0 Å². The van der Waals surface area contributed by atoms with Crippen LogP contribution in [-0.2, 0) is 14.8 Å². The van der Waals surface area contributed by atoms with Gasteiger partial charge in [0.2, 0.25) is 10.0 Å². The summed E-state index contributed by atoms with van der Waals surface area (Å²) in [6.45, 7) is 5.84. The summed E-state index contributed by atoms with van der Waals surface area (Å²) in [7, 11) is -3.36. The van der Waals surface area contributed by atoms with Crippen molar-refractivity contribution in [2.24, 2.45) is 5.14 Å². The van der Waals surface area contributed by atoms with Gasteiger partial charge in [0.15, 0.2) is 0 Å². The van der Waals surface area contributed by atoms with Crippen LogP contribution in [0.3, 0.4) is 0 Å². The largest absolute Gasteiger partial charge is 0.444 e. The number of alkyl carbamates (subject to hydrolysis) is 1. The molecule has 6 nitrogen and oxygen atoms in total. The molecule has 0 aromatic rings. The first kappa shape index (κ1) is 16.2. The van der Waals surface area contributed by atoms with E-state index in [0.29, 0.717) is 25.8 Å². The van der Waals surface area contributed by atoms with Crippen molar-refractivity contribution in [2.75, 3.05) is 12.3 Å². The Balaban J connectivity index is 3.50. The number of carbonyl (C=O) groups excluding carboxylic acids is 1. The van der Waals surface area contributed by atoms with Crippen LogP contribution in [0.1, 0.15) is 40.0 Å². The van der Waals surface area contributed by atoms with E-state index >= 15 is 0 Å². The van der Waals surface area contributed by atoms with Gasteiger partial charge in [0.05, 0.1) is 5.75 Å². The summed E-state index contributed by atoms with van der Waals surface area (Å²) in [6.07, 6.45) is 1.46. The minimum atomic E-state index is -3.36. The van der Waals surface area contributed by atoms with Crippen LogP contribution in [-0.4, -0.2) is 32.4 Å². The van der Waals surface area contributed by atoms with Gasteiger partial charge in [-0.2, -0.15) is 0 Å². The summed E-state index contributed by atoms with van der Waals surface area (Å²) in [5.41, 5.74) is -0.502. The Kier molecular flexibility index (Phi) is 6.48. The maximum Gasteiger partial charge on any atom is 0.407 e. The normalized spacial score (nSPS) is 12.2. The summed E-state index contributed by atoms with van der Waals surface area (Å²) in [6, 6.07) is 0. The van der Waals surface area contributed by atoms with Crippen LogP contribution < -0.4 is 10.5 Å². The van der Waals surface area contributed by atoms with E-state index < -0.39 is 21.7 Å². The number of ether oxygens (including phenoxy) is 1. The molecule has 0 rings (SSSR count). The van der Waals surface area contributed by atoms with E-state index in [4.69, 9.17) is 9.88 Å². The molecule has 0 saturated carbocycles. The monoisotopic (exact) mass is 266 g/mol. The lowest BCUT2D eigenvalue weighted by molar-refractivity contribution is 0.0527. The average Bonchev–Trinajstić information content (AvgIpc) is 2.06. The highest BCUT2D eigenvalue weighted by Gasteiger charge is 2.15. The number of nitrogens with one attached hydrogen (secondary N) is 1. The molecule has 0 aliphatic heterocycles. The van der Waals surface area contributed by atoms with Gasteiger partial charge in [0.25, 0.3) is 0 Å². The van der Waals surface area contributed by atoms with Crippen molar-refractivity contribution in [3.8, 4) is 0 Å². The van der Waals surface area contributed by atoms with Gasteiger partial charge in [-0.3, -0.25) is 0 Å². The molecule has 0 aromatic heterocycles. The van der Waals surface area contributed by atoms with Crippen LogP contribution in [0.15, 0.2) is 0 Å². The molecule has 1 amide bonds. The standard InChI is InChI=1S/C10H22N2O4S/c1-10(2,3)16-9(13)12-7-5-4-6-8-17(11,14)15/h4-8H2,1-3H3,(H,12,13)(H2,11,14,15). The minimum absolute atomic E-state index is 0.0144. The Morgan fingerprint density at radius 1 is 1.24 bits per heavy atom. The first-order chi connectivity index (χ1) is 7.60. The fourth-order valence-electron chi connectivity index (χ4n) is 1.11. The number of amides is 1. The Hall–Kier alpha value is -0.820. The highest BCUT2D eigenvalue weighted by Crippen LogP contribution is 2.06. The second-order valence-corrected chi connectivity index (χ2v) is 6.59. The van der Waals surface area contributed by atoms with Gasteiger partial charge in [-0.25, -0.2) is 18.4 Å². The number of rotatable bonds is 6. The van der Waals surface area contributed by atoms with Gasteiger partial charge < -0.3 is 10.1 Å². The Morgan fingerprint density at radius 2 is 1.82 bits per heavy atom. The fourth-order valence-corrected chi connectivity index (χ4v) is 1.72. The maximum absolute atomic E-state index is 11.2. The second-order valence-electron chi connectivity index (χ2n) is 4.86. The molecule has 0 fully saturated rings. The van der Waals surface area contributed by atoms with Crippen molar-refractivity contribution in [3.63, 3.8) is 0 Å². The first-order valence-electron chi connectivity index (χ1n) is 5.57. The number of sulfonamides is 1. The molecule has 0 radical (unpaired) electrons. The zero-order chi connectivity index (χ0) is 13.5. The van der Waals surface area contributed by atoms with Crippen molar-refractivity contribution in [2.45, 2.75) is 45.6 Å².